The summed E-state index contributed by atoms with van der Waals surface area (Å²) in [6, 6.07) is 27.4. The van der Waals surface area contributed by atoms with Gasteiger partial charge in [0.25, 0.3) is 5.91 Å². The number of carbonyl (C=O) groups excluding carboxylic acids is 1. The second kappa shape index (κ2) is 17.3. The number of carbonyl (C=O) groups is 1. The zero-order chi connectivity index (χ0) is 38.6. The number of nitrogens with one attached hydrogen (secondary N) is 2. The predicted molar refractivity (Wildman–Crippen MR) is 230 cm³/mol. The molecule has 2 fully saturated rings. The van der Waals surface area contributed by atoms with E-state index in [1.165, 1.54) is 32.1 Å². The number of hydrogen-bond donors (Lipinski definition) is 3. The third kappa shape index (κ3) is 8.33. The number of aliphatic hydroxyl groups is 1. The highest BCUT2D eigenvalue weighted by Gasteiger charge is 2.31. The van der Waals surface area contributed by atoms with E-state index in [0.717, 1.165) is 70.7 Å². The van der Waals surface area contributed by atoms with E-state index < -0.39 is 0 Å². The average Bonchev–Trinajstić information content (AvgIpc) is 3.58. The highest BCUT2D eigenvalue weighted by molar-refractivity contribution is 6.35. The summed E-state index contributed by atoms with van der Waals surface area (Å²) >= 11 is 19.7. The highest BCUT2D eigenvalue weighted by Crippen LogP contribution is 2.43. The number of hydrogen-bond acceptors (Lipinski definition) is 5. The first-order chi connectivity index (χ1) is 26.7. The molecular formula is C45H48Cl3N5O2. The van der Waals surface area contributed by atoms with Gasteiger partial charge in [-0.05, 0) is 91.6 Å². The highest BCUT2D eigenvalue weighted by atomic mass is 35.5. The van der Waals surface area contributed by atoms with E-state index in [-0.39, 0.29) is 18.6 Å². The topological polar surface area (TPSA) is 74.8 Å². The Kier molecular flexibility index (Phi) is 12.3. The number of H-pyrrole nitrogens is 1. The second-order valence-electron chi connectivity index (χ2n) is 14.6. The van der Waals surface area contributed by atoms with E-state index in [4.69, 9.17) is 34.8 Å². The lowest BCUT2D eigenvalue weighted by molar-refractivity contribution is 0.102. The lowest BCUT2D eigenvalue weighted by atomic mass is 9.94. The van der Waals surface area contributed by atoms with Gasteiger partial charge in [-0.25, -0.2) is 0 Å². The molecule has 1 aliphatic heterocycles. The Morgan fingerprint density at radius 2 is 1.65 bits per heavy atom. The number of anilines is 2. The fourth-order valence-electron chi connectivity index (χ4n) is 8.37. The largest absolute Gasteiger partial charge is 0.392 e. The van der Waals surface area contributed by atoms with Crippen molar-refractivity contribution < 1.29 is 9.90 Å². The van der Waals surface area contributed by atoms with Crippen molar-refractivity contribution in [1.82, 2.24) is 14.8 Å². The maximum absolute atomic E-state index is 14.9. The molecule has 7 rings (SSSR count). The van der Waals surface area contributed by atoms with Crippen molar-refractivity contribution in [2.75, 3.05) is 36.4 Å². The fraction of sp³-hybridized carbons (Fsp3) is 0.311. The molecule has 4 aromatic carbocycles. The van der Waals surface area contributed by atoms with Gasteiger partial charge in [-0.1, -0.05) is 109 Å². The lowest BCUT2D eigenvalue weighted by Gasteiger charge is -2.42. The predicted octanol–water partition coefficient (Wildman–Crippen LogP) is 11.4. The first kappa shape index (κ1) is 39.0. The van der Waals surface area contributed by atoms with Crippen molar-refractivity contribution in [1.29, 1.82) is 0 Å². The molecule has 1 amide bonds. The molecule has 10 heteroatoms. The summed E-state index contributed by atoms with van der Waals surface area (Å²) in [6.45, 7) is 11.9. The third-order valence-electron chi connectivity index (χ3n) is 11.3. The Hall–Kier alpha value is -4.24. The van der Waals surface area contributed by atoms with Crippen molar-refractivity contribution >= 4 is 74.3 Å². The molecule has 0 bridgehead atoms. The number of aromatic nitrogens is 1. The minimum Gasteiger partial charge on any atom is -0.392 e. The number of rotatable bonds is 11. The molecule has 1 saturated carbocycles. The van der Waals surface area contributed by atoms with Crippen molar-refractivity contribution in [3.63, 3.8) is 0 Å². The number of aromatic amines is 1. The maximum Gasteiger partial charge on any atom is 0.272 e. The van der Waals surface area contributed by atoms with Gasteiger partial charge in [0.2, 0.25) is 0 Å². The molecule has 286 valence electrons. The molecule has 1 aromatic heterocycles. The standard InChI is InChI=1S/C45H48Cl3N5O2/c1-4-53(30(3)36-18-16-33(46)26-38(36)48)44(29(2)32-11-7-5-8-12-32)42-37-19-17-34(47)27-39(37)49-43(42)45(55)50-40-25-31(28-54)15-20-41(40)52-23-21-51(22-24-52)35-13-9-6-10-14-35/h4-5,7-8,11-12,15-20,25-27,30,35,49,54H,1,6,9-10,13-14,21-24,28H2,2-3H3,(H,50,55)/b44-29+. The quantitative estimate of drug-likeness (QED) is 0.124. The van der Waals surface area contributed by atoms with E-state index >= 15 is 0 Å². The van der Waals surface area contributed by atoms with Crippen molar-refractivity contribution in [3.8, 4) is 0 Å². The first-order valence-corrected chi connectivity index (χ1v) is 20.3. The van der Waals surface area contributed by atoms with Crippen molar-refractivity contribution in [3.05, 3.63) is 141 Å². The summed E-state index contributed by atoms with van der Waals surface area (Å²) in [4.78, 5) is 25.4. The zero-order valence-corrected chi connectivity index (χ0v) is 33.7. The molecule has 1 saturated heterocycles. The fourth-order valence-corrected chi connectivity index (χ4v) is 9.11. The third-order valence-corrected chi connectivity index (χ3v) is 12.1. The van der Waals surface area contributed by atoms with Crippen LogP contribution in [0.4, 0.5) is 11.4 Å². The summed E-state index contributed by atoms with van der Waals surface area (Å²) in [5.41, 5.74) is 7.64. The normalized spacial score (nSPS) is 16.5. The van der Waals surface area contributed by atoms with Crippen LogP contribution in [0.1, 0.15) is 84.7 Å². The summed E-state index contributed by atoms with van der Waals surface area (Å²) < 4.78 is 0. The maximum atomic E-state index is 14.9. The van der Waals surface area contributed by atoms with Gasteiger partial charge in [0, 0.05) is 63.8 Å². The number of fused-ring (bicyclic) bond motifs is 1. The van der Waals surface area contributed by atoms with E-state index in [2.05, 4.69) is 57.6 Å². The van der Waals surface area contributed by atoms with Crippen LogP contribution in [0.2, 0.25) is 15.1 Å². The number of aliphatic hydroxyl groups excluding tert-OH is 1. The minimum absolute atomic E-state index is 0.142. The smallest absolute Gasteiger partial charge is 0.272 e. The van der Waals surface area contributed by atoms with Gasteiger partial charge in [0.15, 0.2) is 0 Å². The molecule has 3 N–H and O–H groups in total. The molecule has 0 spiro atoms. The molecule has 2 heterocycles. The van der Waals surface area contributed by atoms with Crippen LogP contribution in [0, 0.1) is 0 Å². The lowest BCUT2D eigenvalue weighted by Crippen LogP contribution is -2.51. The molecule has 1 atom stereocenters. The molecule has 1 aliphatic carbocycles. The summed E-state index contributed by atoms with van der Waals surface area (Å²) in [5.74, 6) is -0.320. The van der Waals surface area contributed by atoms with Crippen LogP contribution in [-0.4, -0.2) is 58.0 Å². The van der Waals surface area contributed by atoms with Crippen LogP contribution in [0.3, 0.4) is 0 Å². The van der Waals surface area contributed by atoms with Crippen LogP contribution < -0.4 is 10.2 Å². The van der Waals surface area contributed by atoms with Crippen LogP contribution >= 0.6 is 34.8 Å². The average molecular weight is 797 g/mol. The number of benzene rings is 4. The van der Waals surface area contributed by atoms with Crippen molar-refractivity contribution in [2.24, 2.45) is 0 Å². The summed E-state index contributed by atoms with van der Waals surface area (Å²) in [5, 5.41) is 15.9. The molecule has 2 aliphatic rings. The van der Waals surface area contributed by atoms with Gasteiger partial charge in [0.1, 0.15) is 5.69 Å². The molecule has 5 aromatic rings. The van der Waals surface area contributed by atoms with Crippen LogP contribution in [0.15, 0.2) is 97.7 Å². The Balaban J connectivity index is 1.32. The number of halogens is 3. The molecular weight excluding hydrogens is 749 g/mol. The van der Waals surface area contributed by atoms with E-state index in [9.17, 15) is 9.90 Å². The second-order valence-corrected chi connectivity index (χ2v) is 15.9. The first-order valence-electron chi connectivity index (χ1n) is 19.1. The number of nitrogens with zero attached hydrogens (tertiary/aromatic N) is 3. The Bertz CT molecular complexity index is 2200. The van der Waals surface area contributed by atoms with Crippen molar-refractivity contribution in [2.45, 2.75) is 64.6 Å². The van der Waals surface area contributed by atoms with Crippen LogP contribution in [-0.2, 0) is 6.61 Å². The number of amides is 1. The number of piperazine rings is 1. The van der Waals surface area contributed by atoms with Gasteiger partial charge in [-0.15, -0.1) is 0 Å². The van der Waals surface area contributed by atoms with Gasteiger partial charge >= 0.3 is 0 Å². The van der Waals surface area contributed by atoms with E-state index in [1.807, 2.05) is 66.7 Å². The number of allylic oxidation sites excluding steroid dienone is 1. The summed E-state index contributed by atoms with van der Waals surface area (Å²) in [7, 11) is 0. The Labute approximate surface area is 339 Å². The van der Waals surface area contributed by atoms with E-state index in [1.54, 1.807) is 12.3 Å². The SMILES string of the molecule is C=CN(/C(=C(\C)c1ccccc1)c1c(C(=O)Nc2cc(CO)ccc2N2CCN(C3CCCCC3)CC2)[nH]c2cc(Cl)ccc12)C(C)c1ccc(Cl)cc1Cl. The van der Waals surface area contributed by atoms with E-state index in [0.29, 0.717) is 38.1 Å². The molecule has 7 nitrogen and oxygen atoms in total. The van der Waals surface area contributed by atoms with Gasteiger partial charge in [-0.2, -0.15) is 0 Å². The molecule has 1 unspecified atom stereocenters. The Morgan fingerprint density at radius 1 is 0.945 bits per heavy atom. The van der Waals surface area contributed by atoms with Gasteiger partial charge in [-0.3, -0.25) is 9.69 Å². The van der Waals surface area contributed by atoms with Gasteiger partial charge in [0.05, 0.1) is 29.7 Å². The van der Waals surface area contributed by atoms with Crippen LogP contribution in [0.25, 0.3) is 22.2 Å². The zero-order valence-electron chi connectivity index (χ0n) is 31.4. The van der Waals surface area contributed by atoms with Gasteiger partial charge < -0.3 is 25.2 Å². The minimum atomic E-state index is -0.320. The Morgan fingerprint density at radius 3 is 2.35 bits per heavy atom. The monoisotopic (exact) mass is 795 g/mol. The summed E-state index contributed by atoms with van der Waals surface area (Å²) in [6.07, 6.45) is 8.30. The molecule has 55 heavy (non-hydrogen) atoms. The molecule has 0 radical (unpaired) electrons. The van der Waals surface area contributed by atoms with Crippen LogP contribution in [0.5, 0.6) is 0 Å².